The van der Waals surface area contributed by atoms with Crippen LogP contribution in [-0.2, 0) is 18.8 Å². The lowest BCUT2D eigenvalue weighted by atomic mass is 10.1. The average Bonchev–Trinajstić information content (AvgIpc) is 3.08. The topological polar surface area (TPSA) is 203 Å². The molecule has 3 rings (SSSR count). The van der Waals surface area contributed by atoms with E-state index in [1.54, 1.807) is 0 Å². The van der Waals surface area contributed by atoms with Crippen LogP contribution in [0.25, 0.3) is 11.2 Å². The fraction of sp³-hybridized carbons (Fsp3) is 0.500. The van der Waals surface area contributed by atoms with Crippen LogP contribution in [0, 0.1) is 0 Å². The quantitative estimate of drug-likeness (QED) is 0.272. The zero-order valence-electron chi connectivity index (χ0n) is 13.1. The maximum atomic E-state index is 11.4. The van der Waals surface area contributed by atoms with Gasteiger partial charge in [-0.05, 0) is 0 Å². The smallest absolute Gasteiger partial charge is 0.336 e. The van der Waals surface area contributed by atoms with Crippen LogP contribution in [0.5, 0.6) is 0 Å². The van der Waals surface area contributed by atoms with Crippen molar-refractivity contribution in [3.8, 4) is 0 Å². The molecule has 6 N–H and O–H groups in total. The number of hydrogen-bond acceptors (Lipinski definition) is 10. The lowest BCUT2D eigenvalue weighted by Crippen LogP contribution is -2.34. The number of esters is 1. The SMILES string of the molecule is Nc1ncnc2c1ncn2[C@@H]1O[C@H](COC(=O)CP(=O)(O)O)C(O)C1O. The molecule has 2 unspecified atom stereocenters. The van der Waals surface area contributed by atoms with Gasteiger partial charge in [0.1, 0.15) is 42.9 Å². The third-order valence-corrected chi connectivity index (χ3v) is 4.41. The van der Waals surface area contributed by atoms with Gasteiger partial charge in [-0.15, -0.1) is 0 Å². The number of aliphatic hydroxyl groups is 2. The molecular formula is C12H16N5O8P. The van der Waals surface area contributed by atoms with Gasteiger partial charge in [0.2, 0.25) is 0 Å². The molecule has 0 amide bonds. The second-order valence-electron chi connectivity index (χ2n) is 5.64. The van der Waals surface area contributed by atoms with Gasteiger partial charge in [-0.25, -0.2) is 15.0 Å². The van der Waals surface area contributed by atoms with Gasteiger partial charge in [-0.2, -0.15) is 0 Å². The summed E-state index contributed by atoms with van der Waals surface area (Å²) in [5, 5.41) is 20.3. The van der Waals surface area contributed by atoms with E-state index in [1.165, 1.54) is 17.2 Å². The Hall–Kier alpha value is -2.15. The Morgan fingerprint density at radius 1 is 1.31 bits per heavy atom. The van der Waals surface area contributed by atoms with Crippen LogP contribution in [-0.4, -0.2) is 76.6 Å². The van der Waals surface area contributed by atoms with Crippen LogP contribution >= 0.6 is 7.60 Å². The Morgan fingerprint density at radius 3 is 2.73 bits per heavy atom. The van der Waals surface area contributed by atoms with Crippen LogP contribution in [0.4, 0.5) is 5.82 Å². The van der Waals surface area contributed by atoms with Crippen molar-refractivity contribution in [2.45, 2.75) is 24.5 Å². The highest BCUT2D eigenvalue weighted by Crippen LogP contribution is 2.35. The zero-order valence-corrected chi connectivity index (χ0v) is 14.0. The first-order valence-electron chi connectivity index (χ1n) is 7.32. The van der Waals surface area contributed by atoms with Crippen molar-refractivity contribution in [1.82, 2.24) is 19.5 Å². The Labute approximate surface area is 145 Å². The molecule has 1 aliphatic rings. The lowest BCUT2D eigenvalue weighted by molar-refractivity contribution is -0.147. The highest BCUT2D eigenvalue weighted by Gasteiger charge is 2.45. The summed E-state index contributed by atoms with van der Waals surface area (Å²) in [4.78, 5) is 40.6. The van der Waals surface area contributed by atoms with Crippen LogP contribution in [0.1, 0.15) is 6.23 Å². The largest absolute Gasteiger partial charge is 0.462 e. The molecule has 0 bridgehead atoms. The molecular weight excluding hydrogens is 373 g/mol. The Morgan fingerprint density at radius 2 is 2.04 bits per heavy atom. The third-order valence-electron chi connectivity index (χ3n) is 3.74. The Bertz CT molecular complexity index is 868. The molecule has 26 heavy (non-hydrogen) atoms. The molecule has 3 heterocycles. The maximum Gasteiger partial charge on any atom is 0.336 e. The average molecular weight is 389 g/mol. The minimum absolute atomic E-state index is 0.129. The predicted octanol–water partition coefficient (Wildman–Crippen LogP) is -2.25. The van der Waals surface area contributed by atoms with Crippen LogP contribution in [0.3, 0.4) is 0 Å². The van der Waals surface area contributed by atoms with Gasteiger partial charge < -0.3 is 35.2 Å². The first-order valence-corrected chi connectivity index (χ1v) is 9.12. The van der Waals surface area contributed by atoms with E-state index in [2.05, 4.69) is 15.0 Å². The minimum Gasteiger partial charge on any atom is -0.462 e. The molecule has 0 aromatic carbocycles. The van der Waals surface area contributed by atoms with E-state index in [0.717, 1.165) is 0 Å². The highest BCUT2D eigenvalue weighted by atomic mass is 31.2. The van der Waals surface area contributed by atoms with E-state index in [9.17, 15) is 19.6 Å². The van der Waals surface area contributed by atoms with Crippen molar-refractivity contribution in [3.63, 3.8) is 0 Å². The van der Waals surface area contributed by atoms with E-state index in [4.69, 9.17) is 25.0 Å². The van der Waals surface area contributed by atoms with E-state index >= 15 is 0 Å². The molecule has 2 aromatic rings. The summed E-state index contributed by atoms with van der Waals surface area (Å²) in [6, 6.07) is 0. The molecule has 0 aliphatic carbocycles. The molecule has 13 nitrogen and oxygen atoms in total. The van der Waals surface area contributed by atoms with Crippen molar-refractivity contribution >= 4 is 30.5 Å². The number of hydrogen-bond donors (Lipinski definition) is 5. The van der Waals surface area contributed by atoms with E-state index in [0.29, 0.717) is 0 Å². The summed E-state index contributed by atoms with van der Waals surface area (Å²) in [5.74, 6) is -1.02. The zero-order chi connectivity index (χ0) is 19.1. The van der Waals surface area contributed by atoms with Crippen LogP contribution in [0.2, 0.25) is 0 Å². The van der Waals surface area contributed by atoms with Crippen molar-refractivity contribution in [3.05, 3.63) is 12.7 Å². The normalized spacial score (nSPS) is 26.3. The predicted molar refractivity (Wildman–Crippen MR) is 83.5 cm³/mol. The number of aliphatic hydroxyl groups excluding tert-OH is 2. The van der Waals surface area contributed by atoms with Crippen LogP contribution in [0.15, 0.2) is 12.7 Å². The summed E-state index contributed by atoms with van der Waals surface area (Å²) in [7, 11) is -4.56. The van der Waals surface area contributed by atoms with Gasteiger partial charge in [-0.3, -0.25) is 13.9 Å². The van der Waals surface area contributed by atoms with Gasteiger partial charge >= 0.3 is 13.6 Å². The molecule has 0 spiro atoms. The molecule has 1 aliphatic heterocycles. The first kappa shape index (κ1) is 18.6. The molecule has 0 radical (unpaired) electrons. The first-order chi connectivity index (χ1) is 12.2. The van der Waals surface area contributed by atoms with Gasteiger partial charge in [0.25, 0.3) is 0 Å². The molecule has 4 atom stereocenters. The number of carbonyl (C=O) groups excluding carboxylic acids is 1. The number of imidazole rings is 1. The molecule has 1 fully saturated rings. The Kier molecular flexibility index (Phi) is 4.92. The lowest BCUT2D eigenvalue weighted by Gasteiger charge is -2.16. The van der Waals surface area contributed by atoms with Gasteiger partial charge in [0, 0.05) is 0 Å². The van der Waals surface area contributed by atoms with Crippen molar-refractivity contribution in [1.29, 1.82) is 0 Å². The number of rotatable bonds is 5. The van der Waals surface area contributed by atoms with Crippen molar-refractivity contribution < 1.29 is 38.8 Å². The standard InChI is InChI=1S/C12H16N5O8P/c13-10-7-11(15-3-14-10)17(4-16-7)12-9(20)8(19)5(25-12)1-24-6(18)2-26(21,22)23/h3-5,8-9,12,19-20H,1-2H2,(H2,13,14,15)(H2,21,22,23)/t5-,8?,9?,12-/m1/s1. The van der Waals surface area contributed by atoms with E-state index in [1.807, 2.05) is 0 Å². The molecule has 14 heteroatoms. The van der Waals surface area contributed by atoms with E-state index in [-0.39, 0.29) is 17.0 Å². The number of nitrogen functional groups attached to an aromatic ring is 1. The summed E-state index contributed by atoms with van der Waals surface area (Å²) < 4.78 is 22.3. The summed E-state index contributed by atoms with van der Waals surface area (Å²) in [5.41, 5.74) is 6.25. The molecule has 142 valence electrons. The van der Waals surface area contributed by atoms with E-state index < -0.39 is 50.9 Å². The number of nitrogens with two attached hydrogens (primary N) is 1. The summed E-state index contributed by atoms with van der Waals surface area (Å²) in [6.07, 6.45) is -3.60. The third kappa shape index (κ3) is 3.67. The number of fused-ring (bicyclic) bond motifs is 1. The molecule has 1 saturated heterocycles. The van der Waals surface area contributed by atoms with Crippen molar-refractivity contribution in [2.24, 2.45) is 0 Å². The molecule has 2 aromatic heterocycles. The Balaban J connectivity index is 1.72. The van der Waals surface area contributed by atoms with Gasteiger partial charge in [0.15, 0.2) is 17.7 Å². The number of carbonyl (C=O) groups is 1. The number of anilines is 1. The highest BCUT2D eigenvalue weighted by molar-refractivity contribution is 7.52. The molecule has 0 saturated carbocycles. The summed E-state index contributed by atoms with van der Waals surface area (Å²) in [6.45, 7) is -0.503. The number of nitrogens with zero attached hydrogens (tertiary/aromatic N) is 4. The van der Waals surface area contributed by atoms with Crippen LogP contribution < -0.4 is 5.73 Å². The summed E-state index contributed by atoms with van der Waals surface area (Å²) >= 11 is 0. The minimum atomic E-state index is -4.56. The fourth-order valence-corrected chi connectivity index (χ4v) is 2.97. The number of ether oxygens (including phenoxy) is 2. The van der Waals surface area contributed by atoms with Gasteiger partial charge in [0.05, 0.1) is 6.33 Å². The number of aromatic nitrogens is 4. The van der Waals surface area contributed by atoms with Gasteiger partial charge in [-0.1, -0.05) is 0 Å². The maximum absolute atomic E-state index is 11.4. The second-order valence-corrected chi connectivity index (χ2v) is 7.28. The fourth-order valence-electron chi connectivity index (χ4n) is 2.54. The second kappa shape index (κ2) is 6.87. The monoisotopic (exact) mass is 389 g/mol. The van der Waals surface area contributed by atoms with Crippen molar-refractivity contribution in [2.75, 3.05) is 18.5 Å².